The van der Waals surface area contributed by atoms with Gasteiger partial charge in [-0.15, -0.1) is 22.8 Å². The smallest absolute Gasteiger partial charge is 0.793 e. The predicted molar refractivity (Wildman–Crippen MR) is 457 cm³/mol. The van der Waals surface area contributed by atoms with Crippen molar-refractivity contribution in [2.75, 3.05) is 24.7 Å². The molecule has 0 spiro atoms. The van der Waals surface area contributed by atoms with E-state index in [-0.39, 0.29) is 19.5 Å². The summed E-state index contributed by atoms with van der Waals surface area (Å²) in [7, 11) is 0. The molecule has 0 N–H and O–H groups in total. The van der Waals surface area contributed by atoms with E-state index in [9.17, 15) is 9.79 Å². The molecule has 0 saturated heterocycles. The normalized spacial score (nSPS) is 12.8. The van der Waals surface area contributed by atoms with Crippen LogP contribution in [-0.2, 0) is 52.1 Å². The van der Waals surface area contributed by atoms with E-state index in [1.54, 1.807) is 0 Å². The summed E-state index contributed by atoms with van der Waals surface area (Å²) < 4.78 is 11.3. The molecule has 0 rings (SSSR count). The molecule has 4 nitrogen and oxygen atoms in total. The van der Waals surface area contributed by atoms with Crippen LogP contribution in [0.25, 0.3) is 0 Å². The Hall–Kier alpha value is 2.46. The third-order valence-electron chi connectivity index (χ3n) is 21.0. The van der Waals surface area contributed by atoms with E-state index < -0.39 is 11.4 Å². The quantitative estimate of drug-likeness (QED) is 0.0339. The predicted octanol–water partition coefficient (Wildman–Crippen LogP) is 33.9. The van der Waals surface area contributed by atoms with Crippen LogP contribution in [0, 0.1) is 0 Å². The van der Waals surface area contributed by atoms with Crippen molar-refractivity contribution in [2.45, 2.75) is 541 Å². The molecule has 0 heterocycles. The summed E-state index contributed by atoms with van der Waals surface area (Å²) in [5.41, 5.74) is -5.76. The Balaban J connectivity index is -0.00000184. The van der Waals surface area contributed by atoms with Crippen molar-refractivity contribution < 1.29 is 38.3 Å². The first-order chi connectivity index (χ1) is 48.2. The monoisotopic (exact) mass is 1560 g/mol. The second-order valence-corrected chi connectivity index (χ2v) is 43.4. The van der Waals surface area contributed by atoms with Crippen LogP contribution in [0.15, 0.2) is 0 Å². The standard InChI is InChI=1S/2C44H91O2PS2.Zn/c2*1-3-5-7-9-11-13-15-17-19-21-23-25-27-29-31-33-35-37-39-41-43-46-47(45,48)49-44-42-40-38-36-34-32-30-28-26-24-22-20-18-16-14-12-10-8-6-4-2;/h2*3-44H2,1-2H3,(H,45,48);/q;;+2/p-2. The number of unbranched alkanes of at least 4 members (excludes halogenated alkanes) is 76. The number of hydrogen-bond acceptors (Lipinski definition) is 8. The molecule has 99 heavy (non-hydrogen) atoms. The second kappa shape index (κ2) is 94.7. The van der Waals surface area contributed by atoms with E-state index >= 15 is 0 Å². The third-order valence-corrected chi connectivity index (χ3v) is 29.7. The Labute approximate surface area is 657 Å². The molecule has 2 atom stereocenters. The molecule has 0 fully saturated rings. The van der Waals surface area contributed by atoms with Gasteiger partial charge in [0.15, 0.2) is 0 Å². The molecule has 0 aromatic heterocycles. The van der Waals surface area contributed by atoms with Gasteiger partial charge in [0.05, 0.1) is 13.2 Å². The molecule has 0 amide bonds. The molecule has 2 unspecified atom stereocenters. The van der Waals surface area contributed by atoms with Crippen molar-refractivity contribution in [3.63, 3.8) is 0 Å². The summed E-state index contributed by atoms with van der Waals surface area (Å²) in [5, 5.41) is 0. The van der Waals surface area contributed by atoms with E-state index in [2.05, 4.69) is 27.7 Å². The van der Waals surface area contributed by atoms with Gasteiger partial charge in [0.25, 0.3) is 0 Å². The van der Waals surface area contributed by atoms with Gasteiger partial charge in [-0.05, 0) is 37.2 Å². The third kappa shape index (κ3) is 100. The zero-order chi connectivity index (χ0) is 71.2. The van der Waals surface area contributed by atoms with Crippen LogP contribution < -0.4 is 9.79 Å². The maximum absolute atomic E-state index is 12.6. The van der Waals surface area contributed by atoms with E-state index in [0.29, 0.717) is 13.2 Å². The van der Waals surface area contributed by atoms with Gasteiger partial charge in [-0.2, -0.15) is 0 Å². The molecule has 0 bridgehead atoms. The van der Waals surface area contributed by atoms with Crippen molar-refractivity contribution in [3.05, 3.63) is 0 Å². The van der Waals surface area contributed by atoms with Crippen molar-refractivity contribution >= 4 is 57.8 Å². The minimum absolute atomic E-state index is 0. The van der Waals surface area contributed by atoms with Gasteiger partial charge < -0.3 is 18.8 Å². The van der Waals surface area contributed by atoms with Gasteiger partial charge >= 0.3 is 19.5 Å². The van der Waals surface area contributed by atoms with Gasteiger partial charge in [0.1, 0.15) is 0 Å². The van der Waals surface area contributed by atoms with E-state index in [0.717, 1.165) is 37.2 Å². The Morgan fingerprint density at radius 2 is 0.283 bits per heavy atom. The van der Waals surface area contributed by atoms with Gasteiger partial charge in [-0.1, -0.05) is 539 Å². The first-order valence-electron chi connectivity index (χ1n) is 45.4. The molecule has 11 heteroatoms. The zero-order valence-corrected chi connectivity index (χ0v) is 76.3. The topological polar surface area (TPSA) is 64.6 Å². The van der Waals surface area contributed by atoms with Crippen LogP contribution >= 0.6 is 34.2 Å². The summed E-state index contributed by atoms with van der Waals surface area (Å²) in [6, 6.07) is 0. The van der Waals surface area contributed by atoms with Crippen LogP contribution in [-0.4, -0.2) is 24.7 Å². The van der Waals surface area contributed by atoms with Crippen LogP contribution in [0.5, 0.6) is 0 Å². The number of hydrogen-bond donors (Lipinski definition) is 0. The summed E-state index contributed by atoms with van der Waals surface area (Å²) in [6.45, 7) is 10.3. The molecule has 0 saturated carbocycles. The van der Waals surface area contributed by atoms with Crippen LogP contribution in [0.4, 0.5) is 0 Å². The Morgan fingerprint density at radius 1 is 0.182 bits per heavy atom. The molecule has 0 radical (unpaired) electrons. The average Bonchev–Trinajstić information content (AvgIpc) is 1.78. The first-order valence-corrected chi connectivity index (χ1v) is 53.9. The van der Waals surface area contributed by atoms with Crippen molar-refractivity contribution in [1.29, 1.82) is 0 Å². The van der Waals surface area contributed by atoms with Gasteiger partial charge in [0, 0.05) is 11.4 Å². The van der Waals surface area contributed by atoms with Crippen molar-refractivity contribution in [3.8, 4) is 0 Å². The Kier molecular flexibility index (Phi) is 101. The van der Waals surface area contributed by atoms with Crippen molar-refractivity contribution in [2.24, 2.45) is 0 Å². The van der Waals surface area contributed by atoms with Gasteiger partial charge in [-0.25, -0.2) is 0 Å². The Bertz CT molecular complexity index is 1310. The van der Waals surface area contributed by atoms with E-state index in [1.165, 1.54) is 511 Å². The molecule has 0 aliphatic heterocycles. The molecule has 0 aromatic rings. The fourth-order valence-corrected chi connectivity index (χ4v) is 21.0. The largest absolute Gasteiger partial charge is 2.00 e. The molecular formula is C88H180O4P2S4Zn. The SMILES string of the molecule is CCCCCCCCCCCCCCCCCCCCCCOP([O-])(=S)SCCCCCCCCCCCCCCCCCCCCCC.CCCCCCCCCCCCCCCCCCCCCCOP([O-])(=S)SCCCCCCCCCCCCCCCCCCCCCC.[Zn+2]. The van der Waals surface area contributed by atoms with Crippen LogP contribution in [0.2, 0.25) is 0 Å². The Morgan fingerprint density at radius 3 is 0.404 bits per heavy atom. The minimum Gasteiger partial charge on any atom is -0.793 e. The van der Waals surface area contributed by atoms with E-state index in [1.807, 2.05) is 0 Å². The first kappa shape index (κ1) is 106. The second-order valence-electron chi connectivity index (χ2n) is 31.1. The number of rotatable bonds is 88. The zero-order valence-electron chi connectivity index (χ0n) is 68.3. The molecule has 0 aromatic carbocycles. The minimum atomic E-state index is -2.88. The maximum Gasteiger partial charge on any atom is 2.00 e. The maximum atomic E-state index is 12.6. The van der Waals surface area contributed by atoms with Gasteiger partial charge in [0.2, 0.25) is 0 Å². The van der Waals surface area contributed by atoms with Crippen molar-refractivity contribution in [1.82, 2.24) is 0 Å². The van der Waals surface area contributed by atoms with Crippen LogP contribution in [0.1, 0.15) is 541 Å². The molecule has 0 aliphatic carbocycles. The average molecular weight is 1560 g/mol. The summed E-state index contributed by atoms with van der Waals surface area (Å²) in [4.78, 5) is 25.1. The summed E-state index contributed by atoms with van der Waals surface area (Å²) in [6.07, 6.45) is 111. The summed E-state index contributed by atoms with van der Waals surface area (Å²) in [5.74, 6) is 1.78. The fraction of sp³-hybridized carbons (Fsp3) is 1.00. The molecule has 592 valence electrons. The summed E-state index contributed by atoms with van der Waals surface area (Å²) >= 11 is 13.4. The molecular weight excluding hydrogens is 1380 g/mol. The molecule has 0 aliphatic rings. The van der Waals surface area contributed by atoms with Gasteiger partial charge in [-0.3, -0.25) is 0 Å². The fourth-order valence-electron chi connectivity index (χ4n) is 14.2. The van der Waals surface area contributed by atoms with E-state index in [4.69, 9.17) is 32.7 Å². The van der Waals surface area contributed by atoms with Crippen LogP contribution in [0.3, 0.4) is 0 Å².